The first kappa shape index (κ1) is 25.7. The molecule has 1 aromatic rings. The Balaban J connectivity index is 0.00000320. The van der Waals surface area contributed by atoms with Crippen LogP contribution in [0.1, 0.15) is 56.6 Å². The third-order valence-corrected chi connectivity index (χ3v) is 7.15. The van der Waals surface area contributed by atoms with E-state index in [-0.39, 0.29) is 30.1 Å². The Bertz CT molecular complexity index is 635. The van der Waals surface area contributed by atoms with Crippen LogP contribution in [-0.2, 0) is 13.1 Å². The standard InChI is InChI=1S/C23H38N4OS.HI/c1-3-24-23(26-20-5-4-6-22(15-20)29-2)25-16-18-7-9-19(10-8-18)17-27-13-11-21(28)12-14-27;/h7-10,20-22,28H,3-6,11-17H2,1-2H3,(H2,24,25,26);1H. The summed E-state index contributed by atoms with van der Waals surface area (Å²) in [5.41, 5.74) is 2.58. The molecule has 7 heteroatoms. The van der Waals surface area contributed by atoms with E-state index in [1.165, 1.54) is 36.8 Å². The lowest BCUT2D eigenvalue weighted by Gasteiger charge is -2.30. The highest BCUT2D eigenvalue weighted by molar-refractivity contribution is 14.0. The molecule has 1 saturated carbocycles. The lowest BCUT2D eigenvalue weighted by atomic mass is 9.95. The minimum absolute atomic E-state index is 0. The fourth-order valence-corrected chi connectivity index (χ4v) is 5.09. The van der Waals surface area contributed by atoms with E-state index in [1.54, 1.807) is 0 Å². The van der Waals surface area contributed by atoms with E-state index < -0.39 is 0 Å². The molecule has 5 nitrogen and oxygen atoms in total. The average molecular weight is 547 g/mol. The third kappa shape index (κ3) is 8.55. The molecule has 2 unspecified atom stereocenters. The number of piperidine rings is 1. The van der Waals surface area contributed by atoms with Gasteiger partial charge in [-0.3, -0.25) is 4.90 Å². The van der Waals surface area contributed by atoms with E-state index in [0.29, 0.717) is 12.6 Å². The smallest absolute Gasteiger partial charge is 0.191 e. The van der Waals surface area contributed by atoms with Crippen molar-refractivity contribution in [2.75, 3.05) is 25.9 Å². The Kier molecular flexibility index (Phi) is 11.8. The van der Waals surface area contributed by atoms with Crippen molar-refractivity contribution >= 4 is 41.7 Å². The maximum atomic E-state index is 9.65. The lowest BCUT2D eigenvalue weighted by Crippen LogP contribution is -2.45. The van der Waals surface area contributed by atoms with E-state index in [1.807, 2.05) is 11.8 Å². The molecule has 2 fully saturated rings. The Morgan fingerprint density at radius 3 is 2.50 bits per heavy atom. The fourth-order valence-electron chi connectivity index (χ4n) is 4.26. The Morgan fingerprint density at radius 2 is 1.83 bits per heavy atom. The number of aliphatic imine (C=N–C) groups is 1. The molecular weight excluding hydrogens is 507 g/mol. The Morgan fingerprint density at radius 1 is 1.13 bits per heavy atom. The second kappa shape index (κ2) is 13.8. The van der Waals surface area contributed by atoms with Gasteiger partial charge < -0.3 is 15.7 Å². The van der Waals surface area contributed by atoms with Crippen LogP contribution in [0, 0.1) is 0 Å². The van der Waals surface area contributed by atoms with Gasteiger partial charge in [0.15, 0.2) is 5.96 Å². The molecule has 1 aliphatic heterocycles. The summed E-state index contributed by atoms with van der Waals surface area (Å²) in [5, 5.41) is 17.5. The number of nitrogens with one attached hydrogen (secondary N) is 2. The van der Waals surface area contributed by atoms with Crippen molar-refractivity contribution in [3.05, 3.63) is 35.4 Å². The van der Waals surface area contributed by atoms with Crippen LogP contribution in [-0.4, -0.2) is 59.3 Å². The molecule has 1 aliphatic carbocycles. The number of guanidine groups is 1. The summed E-state index contributed by atoms with van der Waals surface area (Å²) in [4.78, 5) is 7.26. The van der Waals surface area contributed by atoms with Crippen LogP contribution in [0.4, 0.5) is 0 Å². The van der Waals surface area contributed by atoms with Gasteiger partial charge >= 0.3 is 0 Å². The van der Waals surface area contributed by atoms with Crippen molar-refractivity contribution in [3.63, 3.8) is 0 Å². The van der Waals surface area contributed by atoms with Gasteiger partial charge in [-0.25, -0.2) is 4.99 Å². The monoisotopic (exact) mass is 546 g/mol. The third-order valence-electron chi connectivity index (χ3n) is 6.05. The minimum Gasteiger partial charge on any atom is -0.393 e. The molecule has 1 heterocycles. The normalized spacial score (nSPS) is 23.6. The van der Waals surface area contributed by atoms with Gasteiger partial charge in [-0.2, -0.15) is 11.8 Å². The highest BCUT2D eigenvalue weighted by atomic mass is 127. The van der Waals surface area contributed by atoms with Crippen LogP contribution in [0.15, 0.2) is 29.3 Å². The molecule has 0 spiro atoms. The maximum absolute atomic E-state index is 9.65. The molecule has 0 bridgehead atoms. The van der Waals surface area contributed by atoms with Crippen molar-refractivity contribution < 1.29 is 5.11 Å². The van der Waals surface area contributed by atoms with E-state index >= 15 is 0 Å². The minimum atomic E-state index is -0.105. The molecule has 0 aromatic heterocycles. The number of aliphatic hydroxyl groups excluding tert-OH is 1. The number of hydrogen-bond donors (Lipinski definition) is 3. The second-order valence-electron chi connectivity index (χ2n) is 8.38. The van der Waals surface area contributed by atoms with E-state index in [2.05, 4.69) is 53.0 Å². The van der Waals surface area contributed by atoms with Crippen molar-refractivity contribution in [3.8, 4) is 0 Å². The van der Waals surface area contributed by atoms with Gasteiger partial charge in [0.1, 0.15) is 0 Å². The first-order chi connectivity index (χ1) is 14.2. The van der Waals surface area contributed by atoms with E-state index in [0.717, 1.165) is 50.2 Å². The quantitative estimate of drug-likeness (QED) is 0.274. The molecule has 1 saturated heterocycles. The van der Waals surface area contributed by atoms with Gasteiger partial charge in [-0.05, 0) is 56.4 Å². The predicted octanol–water partition coefficient (Wildman–Crippen LogP) is 3.99. The summed E-state index contributed by atoms with van der Waals surface area (Å²) in [5.74, 6) is 0.940. The zero-order chi connectivity index (χ0) is 20.5. The molecule has 0 radical (unpaired) electrons. The van der Waals surface area contributed by atoms with Crippen molar-refractivity contribution in [2.24, 2.45) is 4.99 Å². The summed E-state index contributed by atoms with van der Waals surface area (Å²) in [7, 11) is 0. The van der Waals surface area contributed by atoms with Crippen LogP contribution in [0.2, 0.25) is 0 Å². The van der Waals surface area contributed by atoms with E-state index in [9.17, 15) is 5.11 Å². The summed E-state index contributed by atoms with van der Waals surface area (Å²) in [6.45, 7) is 6.65. The number of halogens is 1. The molecule has 0 amide bonds. The first-order valence-corrected chi connectivity index (χ1v) is 12.5. The van der Waals surface area contributed by atoms with Gasteiger partial charge in [-0.1, -0.05) is 30.7 Å². The van der Waals surface area contributed by atoms with Crippen LogP contribution < -0.4 is 10.6 Å². The van der Waals surface area contributed by atoms with Crippen LogP contribution >= 0.6 is 35.7 Å². The summed E-state index contributed by atoms with van der Waals surface area (Å²) >= 11 is 2.00. The zero-order valence-corrected chi connectivity index (χ0v) is 21.6. The molecule has 2 atom stereocenters. The van der Waals surface area contributed by atoms with Crippen LogP contribution in [0.25, 0.3) is 0 Å². The molecule has 30 heavy (non-hydrogen) atoms. The fraction of sp³-hybridized carbons (Fsp3) is 0.696. The lowest BCUT2D eigenvalue weighted by molar-refractivity contribution is 0.0792. The van der Waals surface area contributed by atoms with Crippen LogP contribution in [0.5, 0.6) is 0 Å². The van der Waals surface area contributed by atoms with Gasteiger partial charge in [0, 0.05) is 37.5 Å². The number of aliphatic hydroxyl groups is 1. The Hall–Kier alpha value is -0.510. The van der Waals surface area contributed by atoms with Crippen LogP contribution in [0.3, 0.4) is 0 Å². The predicted molar refractivity (Wildman–Crippen MR) is 140 cm³/mol. The number of thioether (sulfide) groups is 1. The number of benzene rings is 1. The second-order valence-corrected chi connectivity index (χ2v) is 9.52. The first-order valence-electron chi connectivity index (χ1n) is 11.2. The topological polar surface area (TPSA) is 59.9 Å². The molecular formula is C23H39IN4OS. The highest BCUT2D eigenvalue weighted by Gasteiger charge is 2.22. The highest BCUT2D eigenvalue weighted by Crippen LogP contribution is 2.26. The molecule has 170 valence electrons. The number of rotatable bonds is 7. The molecule has 3 N–H and O–H groups in total. The van der Waals surface area contributed by atoms with Gasteiger partial charge in [-0.15, -0.1) is 24.0 Å². The summed E-state index contributed by atoms with van der Waals surface area (Å²) < 4.78 is 0. The molecule has 2 aliphatic rings. The largest absolute Gasteiger partial charge is 0.393 e. The number of nitrogens with zero attached hydrogens (tertiary/aromatic N) is 2. The van der Waals surface area contributed by atoms with Crippen molar-refractivity contribution in [2.45, 2.75) is 75.9 Å². The summed E-state index contributed by atoms with van der Waals surface area (Å²) in [6, 6.07) is 9.38. The maximum Gasteiger partial charge on any atom is 0.191 e. The van der Waals surface area contributed by atoms with E-state index in [4.69, 9.17) is 4.99 Å². The molecule has 1 aromatic carbocycles. The van der Waals surface area contributed by atoms with Gasteiger partial charge in [0.2, 0.25) is 0 Å². The van der Waals surface area contributed by atoms with Gasteiger partial charge in [0.25, 0.3) is 0 Å². The zero-order valence-electron chi connectivity index (χ0n) is 18.5. The Labute approximate surface area is 203 Å². The van der Waals surface area contributed by atoms with Crippen molar-refractivity contribution in [1.82, 2.24) is 15.5 Å². The average Bonchev–Trinajstić information content (AvgIpc) is 2.75. The SMILES string of the molecule is CCNC(=NCc1ccc(CN2CCC(O)CC2)cc1)NC1CCCC(SC)C1.I. The van der Waals surface area contributed by atoms with Crippen molar-refractivity contribution in [1.29, 1.82) is 0 Å². The number of hydrogen-bond acceptors (Lipinski definition) is 4. The molecule has 3 rings (SSSR count). The van der Waals surface area contributed by atoms with Gasteiger partial charge in [0.05, 0.1) is 12.6 Å². The number of likely N-dealkylation sites (tertiary alicyclic amines) is 1. The summed E-state index contributed by atoms with van der Waals surface area (Å²) in [6.07, 6.45) is 9.03.